The summed E-state index contributed by atoms with van der Waals surface area (Å²) in [5.74, 6) is -4.51. The third kappa shape index (κ3) is 3.50. The number of phenolic OH excluding ortho intramolecular Hbond substituents is 4. The van der Waals surface area contributed by atoms with E-state index in [0.29, 0.717) is 0 Å². The Kier molecular flexibility index (Phi) is 5.22. The molecule has 12 heteroatoms. The van der Waals surface area contributed by atoms with E-state index in [1.54, 1.807) is 0 Å². The van der Waals surface area contributed by atoms with Crippen LogP contribution in [0.25, 0.3) is 22.3 Å². The zero-order valence-corrected chi connectivity index (χ0v) is 16.0. The Balaban J connectivity index is 1.81. The van der Waals surface area contributed by atoms with Gasteiger partial charge in [0.15, 0.2) is 17.3 Å². The van der Waals surface area contributed by atoms with E-state index in [-0.39, 0.29) is 17.8 Å². The van der Waals surface area contributed by atoms with Gasteiger partial charge in [-0.3, -0.25) is 4.79 Å². The van der Waals surface area contributed by atoms with Gasteiger partial charge in [-0.25, -0.2) is 0 Å². The maximum atomic E-state index is 12.5. The lowest BCUT2D eigenvalue weighted by atomic mass is 10.1. The molecule has 0 amide bonds. The van der Waals surface area contributed by atoms with Crippen molar-refractivity contribution in [1.82, 2.24) is 0 Å². The minimum atomic E-state index is -1.71. The molecule has 8 N–H and O–H groups in total. The highest BCUT2D eigenvalue weighted by molar-refractivity contribution is 5.88. The van der Waals surface area contributed by atoms with Gasteiger partial charge in [0.2, 0.25) is 23.2 Å². The van der Waals surface area contributed by atoms with Gasteiger partial charge in [-0.1, -0.05) is 0 Å². The van der Waals surface area contributed by atoms with Crippen molar-refractivity contribution in [2.24, 2.45) is 0 Å². The molecule has 1 fully saturated rings. The number of ether oxygens (including phenoxy) is 2. The molecule has 1 aliphatic heterocycles. The van der Waals surface area contributed by atoms with E-state index in [9.17, 15) is 45.6 Å². The second-order valence-electron chi connectivity index (χ2n) is 7.16. The molecule has 0 radical (unpaired) electrons. The molecule has 170 valence electrons. The molecule has 0 aliphatic carbocycles. The predicted molar refractivity (Wildman–Crippen MR) is 105 cm³/mol. The van der Waals surface area contributed by atoms with E-state index in [2.05, 4.69) is 0 Å². The van der Waals surface area contributed by atoms with Crippen molar-refractivity contribution in [3.8, 4) is 45.8 Å². The molecule has 0 spiro atoms. The first kappa shape index (κ1) is 21.5. The molecular weight excluding hydrogens is 432 g/mol. The number of rotatable bonds is 3. The largest absolute Gasteiger partial charge is 0.508 e. The second-order valence-corrected chi connectivity index (χ2v) is 7.16. The molecular formula is C20H18O12. The molecule has 1 aliphatic rings. The lowest BCUT2D eigenvalue weighted by molar-refractivity contribution is -0.242. The number of aliphatic hydroxyl groups excluding tert-OH is 3. The lowest BCUT2D eigenvalue weighted by Crippen LogP contribution is -2.54. The van der Waals surface area contributed by atoms with Crippen molar-refractivity contribution in [3.05, 3.63) is 34.5 Å². The number of benzene rings is 2. The Morgan fingerprint density at radius 1 is 0.875 bits per heavy atom. The van der Waals surface area contributed by atoms with E-state index < -0.39 is 75.7 Å². The van der Waals surface area contributed by atoms with Gasteiger partial charge < -0.3 is 54.7 Å². The van der Waals surface area contributed by atoms with Gasteiger partial charge in [-0.05, 0) is 12.1 Å². The summed E-state index contributed by atoms with van der Waals surface area (Å²) in [6.45, 7) is -0.386. The predicted octanol–water partition coefficient (Wildman–Crippen LogP) is -0.194. The van der Waals surface area contributed by atoms with Crippen molar-refractivity contribution in [3.63, 3.8) is 0 Å². The van der Waals surface area contributed by atoms with Crippen LogP contribution in [-0.4, -0.2) is 72.1 Å². The lowest BCUT2D eigenvalue weighted by Gasteiger charge is -2.35. The fourth-order valence-electron chi connectivity index (χ4n) is 3.29. The van der Waals surface area contributed by atoms with Crippen LogP contribution in [0.1, 0.15) is 0 Å². The van der Waals surface area contributed by atoms with E-state index in [0.717, 1.165) is 24.3 Å². The van der Waals surface area contributed by atoms with Crippen LogP contribution in [0, 0.1) is 0 Å². The Morgan fingerprint density at radius 2 is 1.59 bits per heavy atom. The van der Waals surface area contributed by atoms with Gasteiger partial charge in [-0.2, -0.15) is 0 Å². The molecule has 0 bridgehead atoms. The number of hydrogen-bond acceptors (Lipinski definition) is 12. The molecule has 12 nitrogen and oxygen atoms in total. The molecule has 1 saturated heterocycles. The van der Waals surface area contributed by atoms with Crippen LogP contribution in [0.2, 0.25) is 0 Å². The van der Waals surface area contributed by atoms with Crippen LogP contribution < -0.4 is 10.2 Å². The maximum absolute atomic E-state index is 12.5. The Hall–Kier alpha value is -3.71. The van der Waals surface area contributed by atoms with Gasteiger partial charge in [0.25, 0.3) is 0 Å². The zero-order chi connectivity index (χ0) is 23.3. The normalized spacial score (nSPS) is 23.3. The second kappa shape index (κ2) is 7.76. The van der Waals surface area contributed by atoms with Crippen LogP contribution in [0.5, 0.6) is 34.5 Å². The molecule has 4 atom stereocenters. The highest BCUT2D eigenvalue weighted by Gasteiger charge is 2.39. The standard InChI is InChI=1S/C20H18O12/c21-7-3-8(22)13-11(4-7)31-19(17(28)16(13)27)6-1-9(23)14(25)12(2-6)32-20-18(29)15(26)10(24)5-30-20/h1-4,10,15,18,20-26,28-29H,5H2/t10-,15?,18?,20+/m1/s1. The molecule has 2 aromatic carbocycles. The van der Waals surface area contributed by atoms with E-state index in [1.165, 1.54) is 0 Å². The fraction of sp³-hybridized carbons (Fsp3) is 0.250. The minimum absolute atomic E-state index is 0.166. The number of fused-ring (bicyclic) bond motifs is 1. The van der Waals surface area contributed by atoms with Crippen molar-refractivity contribution >= 4 is 11.0 Å². The van der Waals surface area contributed by atoms with Crippen molar-refractivity contribution in [1.29, 1.82) is 0 Å². The first-order valence-corrected chi connectivity index (χ1v) is 9.19. The van der Waals surface area contributed by atoms with Gasteiger partial charge in [0, 0.05) is 17.7 Å². The molecule has 32 heavy (non-hydrogen) atoms. The topological polar surface area (TPSA) is 211 Å². The number of phenols is 4. The maximum Gasteiger partial charge on any atom is 0.238 e. The quantitative estimate of drug-likeness (QED) is 0.244. The summed E-state index contributed by atoms with van der Waals surface area (Å²) < 4.78 is 15.9. The number of aliphatic hydroxyl groups is 3. The Morgan fingerprint density at radius 3 is 2.31 bits per heavy atom. The first-order chi connectivity index (χ1) is 15.1. The Bertz CT molecular complexity index is 1250. The van der Waals surface area contributed by atoms with Crippen LogP contribution in [0.15, 0.2) is 33.5 Å². The van der Waals surface area contributed by atoms with Crippen LogP contribution in [-0.2, 0) is 4.74 Å². The summed E-state index contributed by atoms with van der Waals surface area (Å²) in [6, 6.07) is 3.88. The monoisotopic (exact) mass is 450 g/mol. The number of aromatic hydroxyl groups is 5. The summed E-state index contributed by atoms with van der Waals surface area (Å²) in [6.07, 6.45) is -6.22. The Labute approximate surface area is 178 Å². The van der Waals surface area contributed by atoms with Crippen molar-refractivity contribution < 1.29 is 54.7 Å². The third-order valence-electron chi connectivity index (χ3n) is 4.95. The fourth-order valence-corrected chi connectivity index (χ4v) is 3.29. The van der Waals surface area contributed by atoms with Crippen molar-refractivity contribution in [2.45, 2.75) is 24.6 Å². The summed E-state index contributed by atoms with van der Waals surface area (Å²) in [7, 11) is 0. The van der Waals surface area contributed by atoms with E-state index >= 15 is 0 Å². The summed E-state index contributed by atoms with van der Waals surface area (Å²) in [5, 5.41) is 79.0. The molecule has 2 unspecified atom stereocenters. The highest BCUT2D eigenvalue weighted by Crippen LogP contribution is 2.43. The van der Waals surface area contributed by atoms with Gasteiger partial charge in [0.05, 0.1) is 6.61 Å². The zero-order valence-electron chi connectivity index (χ0n) is 16.0. The molecule has 2 heterocycles. The van der Waals surface area contributed by atoms with Crippen LogP contribution in [0.4, 0.5) is 0 Å². The summed E-state index contributed by atoms with van der Waals surface area (Å²) >= 11 is 0. The average Bonchev–Trinajstić information content (AvgIpc) is 2.73. The van der Waals surface area contributed by atoms with Gasteiger partial charge in [-0.15, -0.1) is 0 Å². The molecule has 0 saturated carbocycles. The smallest absolute Gasteiger partial charge is 0.238 e. The highest BCUT2D eigenvalue weighted by atomic mass is 16.7. The average molecular weight is 450 g/mol. The van der Waals surface area contributed by atoms with Crippen LogP contribution >= 0.6 is 0 Å². The van der Waals surface area contributed by atoms with Crippen LogP contribution in [0.3, 0.4) is 0 Å². The first-order valence-electron chi connectivity index (χ1n) is 9.19. The third-order valence-corrected chi connectivity index (χ3v) is 4.95. The molecule has 4 rings (SSSR count). The van der Waals surface area contributed by atoms with Crippen molar-refractivity contribution in [2.75, 3.05) is 6.61 Å². The van der Waals surface area contributed by atoms with Gasteiger partial charge in [0.1, 0.15) is 40.8 Å². The van der Waals surface area contributed by atoms with E-state index in [4.69, 9.17) is 13.9 Å². The summed E-state index contributed by atoms with van der Waals surface area (Å²) in [5.41, 5.74) is -1.48. The molecule has 3 aromatic rings. The summed E-state index contributed by atoms with van der Waals surface area (Å²) in [4.78, 5) is 12.5. The SMILES string of the molecule is O=c1c(O)c(-c2cc(O)c(O)c(O[C@@H]3OC[C@@H](O)C(O)C3O)c2)oc2cc(O)cc(O)c12. The molecule has 1 aromatic heterocycles. The minimum Gasteiger partial charge on any atom is -0.508 e. The number of hydrogen-bond donors (Lipinski definition) is 8. The van der Waals surface area contributed by atoms with Gasteiger partial charge >= 0.3 is 0 Å². The van der Waals surface area contributed by atoms with E-state index in [1.807, 2.05) is 0 Å².